The van der Waals surface area contributed by atoms with Gasteiger partial charge in [0.15, 0.2) is 0 Å². The summed E-state index contributed by atoms with van der Waals surface area (Å²) in [5.74, 6) is -0.251. The van der Waals surface area contributed by atoms with Gasteiger partial charge in [0.05, 0.1) is 13.0 Å². The number of hydrogen-bond acceptors (Lipinski definition) is 3. The molecule has 0 aromatic heterocycles. The first kappa shape index (κ1) is 18.3. The maximum atomic E-state index is 11.9. The SMILES string of the molecule is CN(Cc1ccc(N(C)C)cc1)C(=O)CCOCC(F)(F)F. The Morgan fingerprint density at radius 1 is 1.14 bits per heavy atom. The Labute approximate surface area is 128 Å². The van der Waals surface area contributed by atoms with Crippen molar-refractivity contribution in [1.29, 1.82) is 0 Å². The van der Waals surface area contributed by atoms with Gasteiger partial charge in [-0.25, -0.2) is 0 Å². The average Bonchev–Trinajstić information content (AvgIpc) is 2.42. The lowest BCUT2D eigenvalue weighted by Crippen LogP contribution is -2.28. The van der Waals surface area contributed by atoms with Gasteiger partial charge < -0.3 is 14.5 Å². The molecular weight excluding hydrogens is 297 g/mol. The smallest absolute Gasteiger partial charge is 0.378 e. The summed E-state index contributed by atoms with van der Waals surface area (Å²) in [7, 11) is 5.49. The van der Waals surface area contributed by atoms with Crippen LogP contribution in [0.1, 0.15) is 12.0 Å². The molecule has 0 fully saturated rings. The average molecular weight is 318 g/mol. The second-order valence-corrected chi connectivity index (χ2v) is 5.23. The molecule has 1 amide bonds. The van der Waals surface area contributed by atoms with Crippen LogP contribution in [0.2, 0.25) is 0 Å². The molecular formula is C15H21F3N2O2. The quantitative estimate of drug-likeness (QED) is 0.725. The predicted molar refractivity (Wildman–Crippen MR) is 78.7 cm³/mol. The normalized spacial score (nSPS) is 11.4. The fourth-order valence-corrected chi connectivity index (χ4v) is 1.80. The minimum Gasteiger partial charge on any atom is -0.378 e. The zero-order valence-corrected chi connectivity index (χ0v) is 13.0. The largest absolute Gasteiger partial charge is 0.411 e. The summed E-state index contributed by atoms with van der Waals surface area (Å²) in [5, 5.41) is 0. The summed E-state index contributed by atoms with van der Waals surface area (Å²) >= 11 is 0. The summed E-state index contributed by atoms with van der Waals surface area (Å²) in [6, 6.07) is 7.72. The Morgan fingerprint density at radius 3 is 2.23 bits per heavy atom. The van der Waals surface area contributed by atoms with E-state index in [1.165, 1.54) is 4.90 Å². The molecule has 4 nitrogen and oxygen atoms in total. The van der Waals surface area contributed by atoms with E-state index in [1.807, 2.05) is 43.3 Å². The molecule has 0 heterocycles. The first-order valence-corrected chi connectivity index (χ1v) is 6.84. The first-order chi connectivity index (χ1) is 10.2. The number of ether oxygens (including phenoxy) is 1. The number of nitrogens with zero attached hydrogens (tertiary/aromatic N) is 2. The number of hydrogen-bond donors (Lipinski definition) is 0. The molecule has 1 rings (SSSR count). The van der Waals surface area contributed by atoms with E-state index in [-0.39, 0.29) is 18.9 Å². The van der Waals surface area contributed by atoms with Crippen LogP contribution in [0.3, 0.4) is 0 Å². The molecule has 0 saturated heterocycles. The monoisotopic (exact) mass is 318 g/mol. The van der Waals surface area contributed by atoms with E-state index in [0.29, 0.717) is 6.54 Å². The lowest BCUT2D eigenvalue weighted by Gasteiger charge is -2.18. The minimum atomic E-state index is -4.36. The van der Waals surface area contributed by atoms with E-state index in [9.17, 15) is 18.0 Å². The topological polar surface area (TPSA) is 32.8 Å². The third-order valence-corrected chi connectivity index (χ3v) is 3.02. The highest BCUT2D eigenvalue weighted by Crippen LogP contribution is 2.15. The highest BCUT2D eigenvalue weighted by molar-refractivity contribution is 5.76. The molecule has 0 spiro atoms. The third kappa shape index (κ3) is 6.80. The van der Waals surface area contributed by atoms with Crippen LogP contribution >= 0.6 is 0 Å². The van der Waals surface area contributed by atoms with Gasteiger partial charge in [-0.2, -0.15) is 13.2 Å². The van der Waals surface area contributed by atoms with E-state index in [1.54, 1.807) is 7.05 Å². The second kappa shape index (κ2) is 8.03. The van der Waals surface area contributed by atoms with Crippen molar-refractivity contribution in [3.63, 3.8) is 0 Å². The lowest BCUT2D eigenvalue weighted by atomic mass is 10.2. The number of carbonyl (C=O) groups is 1. The van der Waals surface area contributed by atoms with Gasteiger partial charge in [0.1, 0.15) is 6.61 Å². The van der Waals surface area contributed by atoms with E-state index >= 15 is 0 Å². The van der Waals surface area contributed by atoms with Crippen LogP contribution in [0, 0.1) is 0 Å². The van der Waals surface area contributed by atoms with Crippen molar-refractivity contribution in [2.75, 3.05) is 39.3 Å². The zero-order valence-electron chi connectivity index (χ0n) is 13.0. The minimum absolute atomic E-state index is 0.0671. The highest BCUT2D eigenvalue weighted by Gasteiger charge is 2.27. The molecule has 0 aliphatic carbocycles. The van der Waals surface area contributed by atoms with Gasteiger partial charge in [-0.15, -0.1) is 0 Å². The molecule has 0 radical (unpaired) electrons. The Kier molecular flexibility index (Phi) is 6.67. The molecule has 22 heavy (non-hydrogen) atoms. The van der Waals surface area contributed by atoms with Crippen LogP contribution in [0.4, 0.5) is 18.9 Å². The Hall–Kier alpha value is -1.76. The molecule has 124 valence electrons. The fourth-order valence-electron chi connectivity index (χ4n) is 1.80. The third-order valence-electron chi connectivity index (χ3n) is 3.02. The molecule has 0 aliphatic heterocycles. The van der Waals surface area contributed by atoms with Crippen molar-refractivity contribution >= 4 is 11.6 Å². The zero-order chi connectivity index (χ0) is 16.8. The van der Waals surface area contributed by atoms with Gasteiger partial charge in [-0.1, -0.05) is 12.1 Å². The van der Waals surface area contributed by atoms with Crippen molar-refractivity contribution in [1.82, 2.24) is 4.90 Å². The van der Waals surface area contributed by atoms with Crippen molar-refractivity contribution < 1.29 is 22.7 Å². The van der Waals surface area contributed by atoms with Crippen LogP contribution in [0.15, 0.2) is 24.3 Å². The fraction of sp³-hybridized carbons (Fsp3) is 0.533. The highest BCUT2D eigenvalue weighted by atomic mass is 19.4. The second-order valence-electron chi connectivity index (χ2n) is 5.23. The van der Waals surface area contributed by atoms with Gasteiger partial charge in [0.25, 0.3) is 0 Å². The van der Waals surface area contributed by atoms with Crippen LogP contribution in [-0.4, -0.2) is 51.3 Å². The van der Waals surface area contributed by atoms with Gasteiger partial charge in [0, 0.05) is 33.4 Å². The van der Waals surface area contributed by atoms with E-state index < -0.39 is 12.8 Å². The van der Waals surface area contributed by atoms with E-state index in [4.69, 9.17) is 0 Å². The standard InChI is InChI=1S/C15H21F3N2O2/c1-19(2)13-6-4-12(5-7-13)10-20(3)14(21)8-9-22-11-15(16,17)18/h4-7H,8-11H2,1-3H3. The number of carbonyl (C=O) groups excluding carboxylic acids is 1. The van der Waals surface area contributed by atoms with E-state index in [2.05, 4.69) is 4.74 Å². The summed E-state index contributed by atoms with van der Waals surface area (Å²) in [4.78, 5) is 15.2. The van der Waals surface area contributed by atoms with Gasteiger partial charge in [0.2, 0.25) is 5.91 Å². The molecule has 0 saturated carbocycles. The number of rotatable bonds is 7. The maximum Gasteiger partial charge on any atom is 0.411 e. The van der Waals surface area contributed by atoms with Crippen molar-refractivity contribution in [2.24, 2.45) is 0 Å². The van der Waals surface area contributed by atoms with Crippen LogP contribution < -0.4 is 4.90 Å². The molecule has 7 heteroatoms. The Bertz CT molecular complexity index is 473. The number of anilines is 1. The van der Waals surface area contributed by atoms with Gasteiger partial charge >= 0.3 is 6.18 Å². The summed E-state index contributed by atoms with van der Waals surface area (Å²) in [5.41, 5.74) is 2.01. The number of alkyl halides is 3. The molecule has 0 aliphatic rings. The number of benzene rings is 1. The van der Waals surface area contributed by atoms with Gasteiger partial charge in [-0.3, -0.25) is 4.79 Å². The van der Waals surface area contributed by atoms with Crippen LogP contribution in [0.5, 0.6) is 0 Å². The molecule has 1 aromatic carbocycles. The van der Waals surface area contributed by atoms with Crippen molar-refractivity contribution in [2.45, 2.75) is 19.1 Å². The lowest BCUT2D eigenvalue weighted by molar-refractivity contribution is -0.175. The summed E-state index contributed by atoms with van der Waals surface area (Å²) in [6.07, 6.45) is -4.43. The molecule has 0 atom stereocenters. The number of halogens is 3. The number of amides is 1. The van der Waals surface area contributed by atoms with Crippen molar-refractivity contribution in [3.8, 4) is 0 Å². The van der Waals surface area contributed by atoms with Crippen LogP contribution in [-0.2, 0) is 16.1 Å². The summed E-state index contributed by atoms with van der Waals surface area (Å²) < 4.78 is 40.1. The summed E-state index contributed by atoms with van der Waals surface area (Å²) in [6.45, 7) is -1.15. The molecule has 0 bridgehead atoms. The van der Waals surface area contributed by atoms with Crippen LogP contribution in [0.25, 0.3) is 0 Å². The first-order valence-electron chi connectivity index (χ1n) is 6.84. The Balaban J connectivity index is 2.37. The van der Waals surface area contributed by atoms with E-state index in [0.717, 1.165) is 11.3 Å². The Morgan fingerprint density at radius 2 is 1.73 bits per heavy atom. The maximum absolute atomic E-state index is 11.9. The molecule has 1 aromatic rings. The van der Waals surface area contributed by atoms with Gasteiger partial charge in [-0.05, 0) is 17.7 Å². The van der Waals surface area contributed by atoms with Crippen molar-refractivity contribution in [3.05, 3.63) is 29.8 Å². The predicted octanol–water partition coefficient (Wildman–Crippen LogP) is 2.68. The molecule has 0 N–H and O–H groups in total. The molecule has 0 unspecified atom stereocenters.